The molecule has 13 heavy (non-hydrogen) atoms. The second-order valence-electron chi connectivity index (χ2n) is 3.38. The lowest BCUT2D eigenvalue weighted by atomic mass is 10.2. The average molecular weight is 184 g/mol. The molecule has 76 valence electrons. The molecule has 0 heterocycles. The Balaban J connectivity index is 3.00. The summed E-state index contributed by atoms with van der Waals surface area (Å²) in [5.41, 5.74) is 6.20. The largest absolute Gasteiger partial charge is 0.370 e. The molecule has 0 aliphatic heterocycles. The fourth-order valence-electron chi connectivity index (χ4n) is 0.976. The van der Waals surface area contributed by atoms with Crippen molar-refractivity contribution in [2.75, 3.05) is 13.1 Å². The quantitative estimate of drug-likeness (QED) is 0.440. The molecule has 0 aliphatic rings. The molecule has 0 fully saturated rings. The van der Waals surface area contributed by atoms with Crippen molar-refractivity contribution in [1.82, 2.24) is 5.32 Å². The number of primary amides is 1. The first-order valence-electron chi connectivity index (χ1n) is 4.76. The first kappa shape index (κ1) is 12.2. The van der Waals surface area contributed by atoms with Crippen molar-refractivity contribution in [2.45, 2.75) is 32.6 Å². The van der Waals surface area contributed by atoms with Crippen LogP contribution in [0.1, 0.15) is 32.6 Å². The van der Waals surface area contributed by atoms with E-state index in [0.717, 1.165) is 32.4 Å². The molecule has 0 bridgehead atoms. The third-order valence-corrected chi connectivity index (χ3v) is 1.76. The number of unbranched alkanes of at least 4 members (excludes halogenated alkanes) is 1. The Labute approximate surface area is 80.4 Å². The summed E-state index contributed by atoms with van der Waals surface area (Å²) in [6, 6.07) is 0. The van der Waals surface area contributed by atoms with E-state index in [1.807, 2.05) is 6.92 Å². The van der Waals surface area contributed by atoms with Gasteiger partial charge in [0.15, 0.2) is 0 Å². The molecule has 0 aliphatic carbocycles. The summed E-state index contributed by atoms with van der Waals surface area (Å²) in [6.45, 7) is 7.77. The van der Waals surface area contributed by atoms with Gasteiger partial charge in [-0.05, 0) is 39.3 Å². The predicted molar refractivity (Wildman–Crippen MR) is 55.3 cm³/mol. The molecule has 0 unspecified atom stereocenters. The molecule has 3 nitrogen and oxygen atoms in total. The van der Waals surface area contributed by atoms with Crippen molar-refractivity contribution in [2.24, 2.45) is 5.73 Å². The van der Waals surface area contributed by atoms with Crippen LogP contribution in [-0.2, 0) is 4.79 Å². The number of carbonyl (C=O) groups is 1. The van der Waals surface area contributed by atoms with Crippen LogP contribution in [0, 0.1) is 0 Å². The van der Waals surface area contributed by atoms with Crippen LogP contribution >= 0.6 is 0 Å². The Bertz CT molecular complexity index is 148. The Hall–Kier alpha value is -0.830. The number of hydrogen-bond donors (Lipinski definition) is 2. The fourth-order valence-corrected chi connectivity index (χ4v) is 0.976. The van der Waals surface area contributed by atoms with Gasteiger partial charge in [0.2, 0.25) is 5.91 Å². The minimum absolute atomic E-state index is 0.207. The van der Waals surface area contributed by atoms with E-state index in [4.69, 9.17) is 5.73 Å². The highest BCUT2D eigenvalue weighted by Crippen LogP contribution is 1.94. The summed E-state index contributed by atoms with van der Waals surface area (Å²) in [5.74, 6) is -0.207. The minimum Gasteiger partial charge on any atom is -0.370 e. The van der Waals surface area contributed by atoms with E-state index in [2.05, 4.69) is 11.9 Å². The zero-order chi connectivity index (χ0) is 10.1. The SMILES string of the molecule is C=C(C)CCNCCCCC(N)=O. The Morgan fingerprint density at radius 2 is 2.00 bits per heavy atom. The van der Waals surface area contributed by atoms with Gasteiger partial charge in [-0.3, -0.25) is 4.79 Å². The zero-order valence-electron chi connectivity index (χ0n) is 8.44. The van der Waals surface area contributed by atoms with Gasteiger partial charge in [-0.15, -0.1) is 6.58 Å². The number of nitrogens with one attached hydrogen (secondary N) is 1. The summed E-state index contributed by atoms with van der Waals surface area (Å²) in [4.78, 5) is 10.4. The van der Waals surface area contributed by atoms with Gasteiger partial charge in [0, 0.05) is 6.42 Å². The summed E-state index contributed by atoms with van der Waals surface area (Å²) in [6.07, 6.45) is 3.42. The molecule has 0 radical (unpaired) electrons. The normalized spacial score (nSPS) is 9.92. The van der Waals surface area contributed by atoms with Gasteiger partial charge in [-0.2, -0.15) is 0 Å². The van der Waals surface area contributed by atoms with Crippen LogP contribution in [0.15, 0.2) is 12.2 Å². The molecular formula is C10H20N2O. The van der Waals surface area contributed by atoms with Gasteiger partial charge < -0.3 is 11.1 Å². The Morgan fingerprint density at radius 1 is 1.31 bits per heavy atom. The van der Waals surface area contributed by atoms with Crippen molar-refractivity contribution < 1.29 is 4.79 Å². The highest BCUT2D eigenvalue weighted by Gasteiger charge is 1.93. The number of nitrogens with two attached hydrogens (primary N) is 1. The molecule has 0 aromatic carbocycles. The van der Waals surface area contributed by atoms with Crippen LogP contribution in [0.4, 0.5) is 0 Å². The van der Waals surface area contributed by atoms with E-state index in [1.165, 1.54) is 5.57 Å². The van der Waals surface area contributed by atoms with Gasteiger partial charge in [0.05, 0.1) is 0 Å². The van der Waals surface area contributed by atoms with Gasteiger partial charge in [0.25, 0.3) is 0 Å². The lowest BCUT2D eigenvalue weighted by Crippen LogP contribution is -2.17. The van der Waals surface area contributed by atoms with E-state index >= 15 is 0 Å². The van der Waals surface area contributed by atoms with Gasteiger partial charge in [-0.1, -0.05) is 5.57 Å². The molecule has 0 rings (SSSR count). The Morgan fingerprint density at radius 3 is 2.54 bits per heavy atom. The van der Waals surface area contributed by atoms with E-state index in [-0.39, 0.29) is 5.91 Å². The maximum absolute atomic E-state index is 10.4. The summed E-state index contributed by atoms with van der Waals surface area (Å²) < 4.78 is 0. The van der Waals surface area contributed by atoms with E-state index in [9.17, 15) is 4.79 Å². The minimum atomic E-state index is -0.207. The topological polar surface area (TPSA) is 55.1 Å². The Kier molecular flexibility index (Phi) is 7.30. The smallest absolute Gasteiger partial charge is 0.217 e. The molecule has 0 aromatic heterocycles. The molecule has 0 saturated carbocycles. The molecule has 0 aromatic rings. The number of amides is 1. The van der Waals surface area contributed by atoms with Crippen LogP contribution in [0.3, 0.4) is 0 Å². The predicted octanol–water partition coefficient (Wildman–Crippen LogP) is 1.20. The van der Waals surface area contributed by atoms with Gasteiger partial charge in [0.1, 0.15) is 0 Å². The van der Waals surface area contributed by atoms with Gasteiger partial charge >= 0.3 is 0 Å². The molecule has 0 atom stereocenters. The maximum Gasteiger partial charge on any atom is 0.217 e. The van der Waals surface area contributed by atoms with Crippen molar-refractivity contribution in [1.29, 1.82) is 0 Å². The van der Waals surface area contributed by atoms with Crippen LogP contribution < -0.4 is 11.1 Å². The lowest BCUT2D eigenvalue weighted by molar-refractivity contribution is -0.118. The number of hydrogen-bond acceptors (Lipinski definition) is 2. The molecular weight excluding hydrogens is 164 g/mol. The third-order valence-electron chi connectivity index (χ3n) is 1.76. The monoisotopic (exact) mass is 184 g/mol. The van der Waals surface area contributed by atoms with Gasteiger partial charge in [-0.25, -0.2) is 0 Å². The highest BCUT2D eigenvalue weighted by molar-refractivity contribution is 5.73. The first-order chi connectivity index (χ1) is 6.13. The van der Waals surface area contributed by atoms with Crippen LogP contribution in [0.5, 0.6) is 0 Å². The zero-order valence-corrected chi connectivity index (χ0v) is 8.44. The van der Waals surface area contributed by atoms with Crippen molar-refractivity contribution >= 4 is 5.91 Å². The molecule has 0 saturated heterocycles. The molecule has 3 N–H and O–H groups in total. The summed E-state index contributed by atoms with van der Waals surface area (Å²) in [5, 5.41) is 3.28. The third kappa shape index (κ3) is 11.2. The van der Waals surface area contributed by atoms with E-state index in [0.29, 0.717) is 6.42 Å². The number of rotatable bonds is 8. The van der Waals surface area contributed by atoms with Crippen molar-refractivity contribution in [3.8, 4) is 0 Å². The summed E-state index contributed by atoms with van der Waals surface area (Å²) in [7, 11) is 0. The standard InChI is InChI=1S/C10H20N2O/c1-9(2)6-8-12-7-4-3-5-10(11)13/h12H,1,3-8H2,2H3,(H2,11,13). The molecule has 1 amide bonds. The molecule has 0 spiro atoms. The van der Waals surface area contributed by atoms with Crippen LogP contribution in [0.25, 0.3) is 0 Å². The highest BCUT2D eigenvalue weighted by atomic mass is 16.1. The van der Waals surface area contributed by atoms with Crippen molar-refractivity contribution in [3.63, 3.8) is 0 Å². The second kappa shape index (κ2) is 7.80. The fraction of sp³-hybridized carbons (Fsp3) is 0.700. The maximum atomic E-state index is 10.4. The molecule has 3 heteroatoms. The second-order valence-corrected chi connectivity index (χ2v) is 3.38. The summed E-state index contributed by atoms with van der Waals surface area (Å²) >= 11 is 0. The van der Waals surface area contributed by atoms with Crippen LogP contribution in [-0.4, -0.2) is 19.0 Å². The van der Waals surface area contributed by atoms with E-state index in [1.54, 1.807) is 0 Å². The van der Waals surface area contributed by atoms with Crippen LogP contribution in [0.2, 0.25) is 0 Å². The lowest BCUT2D eigenvalue weighted by Gasteiger charge is -2.03. The first-order valence-corrected chi connectivity index (χ1v) is 4.76. The average Bonchev–Trinajstić information content (AvgIpc) is 2.01. The van der Waals surface area contributed by atoms with E-state index < -0.39 is 0 Å². The number of carbonyl (C=O) groups excluding carboxylic acids is 1. The van der Waals surface area contributed by atoms with Crippen molar-refractivity contribution in [3.05, 3.63) is 12.2 Å².